The number of fused-ring (bicyclic) bond motifs is 1. The fourth-order valence-electron chi connectivity index (χ4n) is 2.57. The van der Waals surface area contributed by atoms with E-state index in [1.165, 1.54) is 11.1 Å². The van der Waals surface area contributed by atoms with Crippen LogP contribution in [-0.2, 0) is 6.42 Å². The summed E-state index contributed by atoms with van der Waals surface area (Å²) in [6.07, 6.45) is 1.14. The van der Waals surface area contributed by atoms with Gasteiger partial charge in [-0.2, -0.15) is 0 Å². The van der Waals surface area contributed by atoms with Gasteiger partial charge in [0.1, 0.15) is 17.6 Å². The highest BCUT2D eigenvalue weighted by Gasteiger charge is 2.22. The van der Waals surface area contributed by atoms with Crippen LogP contribution in [0.15, 0.2) is 40.9 Å². The minimum absolute atomic E-state index is 0.183. The molecule has 3 nitrogen and oxygen atoms in total. The predicted octanol–water partition coefficient (Wildman–Crippen LogP) is 4.18. The van der Waals surface area contributed by atoms with Crippen molar-refractivity contribution in [1.29, 1.82) is 0 Å². The zero-order chi connectivity index (χ0) is 14.8. The summed E-state index contributed by atoms with van der Waals surface area (Å²) in [5.74, 6) is 1.85. The van der Waals surface area contributed by atoms with Crippen molar-refractivity contribution in [2.45, 2.75) is 19.4 Å². The Balaban J connectivity index is 1.61. The van der Waals surface area contributed by atoms with Crippen LogP contribution >= 0.6 is 15.9 Å². The van der Waals surface area contributed by atoms with Crippen LogP contribution in [0.25, 0.3) is 0 Å². The third-order valence-electron chi connectivity index (χ3n) is 3.64. The highest BCUT2D eigenvalue weighted by molar-refractivity contribution is 9.10. The summed E-state index contributed by atoms with van der Waals surface area (Å²) in [5.41, 5.74) is 3.64. The number of hydrogen-bond acceptors (Lipinski definition) is 3. The first-order valence-electron chi connectivity index (χ1n) is 6.99. The lowest BCUT2D eigenvalue weighted by molar-refractivity contribution is 0.246. The van der Waals surface area contributed by atoms with Gasteiger partial charge < -0.3 is 14.8 Å². The fraction of sp³-hybridized carbons (Fsp3) is 0.294. The Kier molecular flexibility index (Phi) is 4.06. The fourth-order valence-corrected chi connectivity index (χ4v) is 3.11. The number of methoxy groups -OCH3 is 1. The lowest BCUT2D eigenvalue weighted by Gasteiger charge is -2.13. The topological polar surface area (TPSA) is 30.5 Å². The van der Waals surface area contributed by atoms with Gasteiger partial charge in [0, 0.05) is 12.1 Å². The molecule has 1 N–H and O–H groups in total. The second-order valence-corrected chi connectivity index (χ2v) is 6.14. The minimum atomic E-state index is 0.183. The first-order valence-corrected chi connectivity index (χ1v) is 7.78. The summed E-state index contributed by atoms with van der Waals surface area (Å²) in [6.45, 7) is 2.90. The largest absolute Gasteiger partial charge is 0.496 e. The summed E-state index contributed by atoms with van der Waals surface area (Å²) in [6, 6.07) is 12.3. The van der Waals surface area contributed by atoms with Crippen LogP contribution in [-0.4, -0.2) is 19.8 Å². The van der Waals surface area contributed by atoms with E-state index in [0.29, 0.717) is 0 Å². The van der Waals surface area contributed by atoms with Gasteiger partial charge in [0.25, 0.3) is 0 Å². The monoisotopic (exact) mass is 347 g/mol. The minimum Gasteiger partial charge on any atom is -0.496 e. The lowest BCUT2D eigenvalue weighted by atomic mass is 10.1. The standard InChI is InChI=1S/C17H18BrNO2/c1-11-3-5-16-12(7-11)8-14(21-16)10-19-13-4-6-17(20-2)15(18)9-13/h3-7,9,14,19H,8,10H2,1-2H3. The molecule has 2 aromatic carbocycles. The molecule has 1 unspecified atom stereocenters. The quantitative estimate of drug-likeness (QED) is 0.899. The van der Waals surface area contributed by atoms with Gasteiger partial charge in [-0.1, -0.05) is 17.7 Å². The van der Waals surface area contributed by atoms with Crippen molar-refractivity contribution < 1.29 is 9.47 Å². The summed E-state index contributed by atoms with van der Waals surface area (Å²) in [5, 5.41) is 3.42. The van der Waals surface area contributed by atoms with Crippen LogP contribution < -0.4 is 14.8 Å². The van der Waals surface area contributed by atoms with E-state index in [-0.39, 0.29) is 6.10 Å². The smallest absolute Gasteiger partial charge is 0.133 e. The number of rotatable bonds is 4. The van der Waals surface area contributed by atoms with E-state index in [1.54, 1.807) is 7.11 Å². The summed E-state index contributed by atoms with van der Waals surface area (Å²) >= 11 is 3.50. The van der Waals surface area contributed by atoms with Crippen LogP contribution in [0.5, 0.6) is 11.5 Å². The summed E-state index contributed by atoms with van der Waals surface area (Å²) < 4.78 is 12.1. The molecule has 0 bridgehead atoms. The van der Waals surface area contributed by atoms with Crippen LogP contribution in [0.4, 0.5) is 5.69 Å². The number of halogens is 1. The SMILES string of the molecule is COc1ccc(NCC2Cc3cc(C)ccc3O2)cc1Br. The molecule has 1 atom stereocenters. The summed E-state index contributed by atoms with van der Waals surface area (Å²) in [7, 11) is 1.67. The average molecular weight is 348 g/mol. The number of hydrogen-bond donors (Lipinski definition) is 1. The molecule has 0 amide bonds. The number of nitrogens with one attached hydrogen (secondary N) is 1. The Labute approximate surface area is 133 Å². The Morgan fingerprint density at radius 3 is 2.90 bits per heavy atom. The molecule has 1 aliphatic heterocycles. The Hall–Kier alpha value is -1.68. The molecule has 1 aliphatic rings. The van der Waals surface area contributed by atoms with E-state index in [2.05, 4.69) is 46.4 Å². The van der Waals surface area contributed by atoms with Crippen LogP contribution in [0, 0.1) is 6.92 Å². The molecule has 1 heterocycles. The van der Waals surface area contributed by atoms with E-state index in [4.69, 9.17) is 9.47 Å². The second kappa shape index (κ2) is 5.98. The van der Waals surface area contributed by atoms with Crippen LogP contribution in [0.1, 0.15) is 11.1 Å². The number of anilines is 1. The molecule has 0 saturated heterocycles. The zero-order valence-electron chi connectivity index (χ0n) is 12.2. The number of ether oxygens (including phenoxy) is 2. The van der Waals surface area contributed by atoms with Crippen molar-refractivity contribution in [3.8, 4) is 11.5 Å². The van der Waals surface area contributed by atoms with Gasteiger partial charge in [-0.25, -0.2) is 0 Å². The molecule has 0 radical (unpaired) electrons. The maximum absolute atomic E-state index is 5.96. The predicted molar refractivity (Wildman–Crippen MR) is 88.5 cm³/mol. The molecular weight excluding hydrogens is 330 g/mol. The van der Waals surface area contributed by atoms with E-state index < -0.39 is 0 Å². The van der Waals surface area contributed by atoms with Crippen molar-refractivity contribution in [2.24, 2.45) is 0 Å². The van der Waals surface area contributed by atoms with Gasteiger partial charge >= 0.3 is 0 Å². The Morgan fingerprint density at radius 1 is 1.29 bits per heavy atom. The van der Waals surface area contributed by atoms with Crippen LogP contribution in [0.3, 0.4) is 0 Å². The Morgan fingerprint density at radius 2 is 2.14 bits per heavy atom. The summed E-state index contributed by atoms with van der Waals surface area (Å²) in [4.78, 5) is 0. The molecule has 0 saturated carbocycles. The van der Waals surface area contributed by atoms with Gasteiger partial charge in [0.2, 0.25) is 0 Å². The number of aryl methyl sites for hydroxylation is 1. The molecule has 3 rings (SSSR count). The first kappa shape index (κ1) is 14.3. The molecule has 110 valence electrons. The molecule has 21 heavy (non-hydrogen) atoms. The molecule has 0 spiro atoms. The molecular formula is C17H18BrNO2. The zero-order valence-corrected chi connectivity index (χ0v) is 13.7. The van der Waals surface area contributed by atoms with E-state index in [0.717, 1.165) is 34.6 Å². The van der Waals surface area contributed by atoms with Gasteiger partial charge in [0.05, 0.1) is 18.1 Å². The third kappa shape index (κ3) is 3.16. The van der Waals surface area contributed by atoms with Crippen molar-refractivity contribution >= 4 is 21.6 Å². The Bertz CT molecular complexity index is 657. The highest BCUT2D eigenvalue weighted by atomic mass is 79.9. The van der Waals surface area contributed by atoms with Crippen molar-refractivity contribution in [2.75, 3.05) is 19.0 Å². The van der Waals surface area contributed by atoms with Crippen molar-refractivity contribution in [3.05, 3.63) is 52.0 Å². The third-order valence-corrected chi connectivity index (χ3v) is 4.26. The van der Waals surface area contributed by atoms with Gasteiger partial charge in [-0.05, 0) is 52.7 Å². The molecule has 2 aromatic rings. The van der Waals surface area contributed by atoms with E-state index >= 15 is 0 Å². The van der Waals surface area contributed by atoms with Crippen molar-refractivity contribution in [3.63, 3.8) is 0 Å². The van der Waals surface area contributed by atoms with Gasteiger partial charge in [-0.15, -0.1) is 0 Å². The molecule has 0 aromatic heterocycles. The maximum atomic E-state index is 5.96. The number of benzene rings is 2. The highest BCUT2D eigenvalue weighted by Crippen LogP contribution is 2.30. The lowest BCUT2D eigenvalue weighted by Crippen LogP contribution is -2.23. The van der Waals surface area contributed by atoms with Crippen LogP contribution in [0.2, 0.25) is 0 Å². The average Bonchev–Trinajstić information content (AvgIpc) is 2.87. The molecule has 0 aliphatic carbocycles. The van der Waals surface area contributed by atoms with E-state index in [1.807, 2.05) is 18.2 Å². The molecule has 0 fully saturated rings. The first-order chi connectivity index (χ1) is 10.2. The van der Waals surface area contributed by atoms with E-state index in [9.17, 15) is 0 Å². The van der Waals surface area contributed by atoms with Gasteiger partial charge in [0.15, 0.2) is 0 Å². The second-order valence-electron chi connectivity index (χ2n) is 5.29. The maximum Gasteiger partial charge on any atom is 0.133 e. The molecule has 4 heteroatoms. The van der Waals surface area contributed by atoms with Gasteiger partial charge in [-0.3, -0.25) is 0 Å². The van der Waals surface area contributed by atoms with Crippen molar-refractivity contribution in [1.82, 2.24) is 0 Å². The normalized spacial score (nSPS) is 16.2.